The van der Waals surface area contributed by atoms with Crippen LogP contribution in [-0.4, -0.2) is 11.9 Å². The van der Waals surface area contributed by atoms with Gasteiger partial charge in [0.05, 0.1) is 11.8 Å². The number of fused-ring (bicyclic) bond motifs is 5. The zero-order chi connectivity index (χ0) is 9.87. The van der Waals surface area contributed by atoms with Crippen molar-refractivity contribution in [2.24, 2.45) is 29.6 Å². The number of rotatable bonds is 0. The highest BCUT2D eigenvalue weighted by atomic mass is 16.6. The fourth-order valence-corrected chi connectivity index (χ4v) is 3.80. The molecule has 3 fully saturated rings. The Hall–Kier alpha value is -0.860. The number of hydrogen-bond donors (Lipinski definition) is 0. The Morgan fingerprint density at radius 2 is 1.50 bits per heavy atom. The van der Waals surface area contributed by atoms with Gasteiger partial charge in [0, 0.05) is 0 Å². The van der Waals surface area contributed by atoms with Gasteiger partial charge in [-0.05, 0) is 37.0 Å². The van der Waals surface area contributed by atoms with Crippen LogP contribution < -0.4 is 0 Å². The van der Waals surface area contributed by atoms with E-state index in [9.17, 15) is 9.59 Å². The van der Waals surface area contributed by atoms with E-state index in [-0.39, 0.29) is 23.8 Å². The van der Waals surface area contributed by atoms with Crippen molar-refractivity contribution in [3.63, 3.8) is 0 Å². The summed E-state index contributed by atoms with van der Waals surface area (Å²) in [7, 11) is 0. The van der Waals surface area contributed by atoms with Gasteiger partial charge in [-0.25, -0.2) is 0 Å². The molecule has 3 aliphatic rings. The first kappa shape index (κ1) is 8.45. The molecule has 0 radical (unpaired) electrons. The topological polar surface area (TPSA) is 43.4 Å². The first-order valence-electron chi connectivity index (χ1n) is 5.42. The molecule has 0 aromatic carbocycles. The Kier molecular flexibility index (Phi) is 1.56. The third-order valence-corrected chi connectivity index (χ3v) is 4.16. The second kappa shape index (κ2) is 2.59. The van der Waals surface area contributed by atoms with Gasteiger partial charge in [-0.3, -0.25) is 9.59 Å². The monoisotopic (exact) mass is 194 g/mol. The molecule has 0 aromatic rings. The van der Waals surface area contributed by atoms with Crippen LogP contribution in [0.15, 0.2) is 0 Å². The molecule has 1 saturated heterocycles. The first-order valence-corrected chi connectivity index (χ1v) is 5.42. The van der Waals surface area contributed by atoms with E-state index in [0.717, 1.165) is 19.3 Å². The molecule has 14 heavy (non-hydrogen) atoms. The summed E-state index contributed by atoms with van der Waals surface area (Å²) in [4.78, 5) is 22.9. The van der Waals surface area contributed by atoms with Gasteiger partial charge >= 0.3 is 11.9 Å². The predicted octanol–water partition coefficient (Wildman–Crippen LogP) is 1.37. The zero-order valence-corrected chi connectivity index (χ0v) is 8.23. The number of carbonyl (C=O) groups excluding carboxylic acids is 2. The summed E-state index contributed by atoms with van der Waals surface area (Å²) in [5.74, 6) is 0.850. The molecule has 0 N–H and O–H groups in total. The Morgan fingerprint density at radius 1 is 1.00 bits per heavy atom. The van der Waals surface area contributed by atoms with Crippen molar-refractivity contribution >= 4 is 11.9 Å². The summed E-state index contributed by atoms with van der Waals surface area (Å²) in [6.45, 7) is 2.22. The third kappa shape index (κ3) is 0.928. The van der Waals surface area contributed by atoms with Gasteiger partial charge in [0.25, 0.3) is 0 Å². The average Bonchev–Trinajstić information content (AvgIpc) is 2.52. The van der Waals surface area contributed by atoms with Crippen LogP contribution in [-0.2, 0) is 14.3 Å². The van der Waals surface area contributed by atoms with Crippen molar-refractivity contribution in [1.82, 2.24) is 0 Å². The maximum Gasteiger partial charge on any atom is 0.317 e. The molecule has 0 aromatic heterocycles. The molecule has 2 aliphatic carbocycles. The van der Waals surface area contributed by atoms with Gasteiger partial charge in [0.1, 0.15) is 0 Å². The van der Waals surface area contributed by atoms with Crippen LogP contribution in [0.2, 0.25) is 0 Å². The highest BCUT2D eigenvalue weighted by molar-refractivity contribution is 5.97. The number of carbonyl (C=O) groups is 2. The Balaban J connectivity index is 1.97. The molecule has 0 spiro atoms. The minimum atomic E-state index is -0.249. The van der Waals surface area contributed by atoms with E-state index in [0.29, 0.717) is 17.8 Å². The predicted molar refractivity (Wildman–Crippen MR) is 48.1 cm³/mol. The fourth-order valence-electron chi connectivity index (χ4n) is 3.80. The lowest BCUT2D eigenvalue weighted by Gasteiger charge is -2.26. The highest BCUT2D eigenvalue weighted by Gasteiger charge is 2.58. The Bertz CT molecular complexity index is 282. The molecule has 4 unspecified atom stereocenters. The van der Waals surface area contributed by atoms with Crippen LogP contribution in [0.5, 0.6) is 0 Å². The van der Waals surface area contributed by atoms with Crippen molar-refractivity contribution in [3.05, 3.63) is 0 Å². The number of hydrogen-bond acceptors (Lipinski definition) is 3. The van der Waals surface area contributed by atoms with Crippen LogP contribution in [0.3, 0.4) is 0 Å². The van der Waals surface area contributed by atoms with Crippen LogP contribution in [0, 0.1) is 29.6 Å². The summed E-state index contributed by atoms with van der Waals surface area (Å²) >= 11 is 0. The lowest BCUT2D eigenvalue weighted by atomic mass is 9.80. The molecule has 3 rings (SSSR count). The molecule has 1 heterocycles. The molecular formula is C11H14O3. The Labute approximate surface area is 82.8 Å². The van der Waals surface area contributed by atoms with E-state index >= 15 is 0 Å². The normalized spacial score (nSPS) is 50.5. The summed E-state index contributed by atoms with van der Waals surface area (Å²) in [5, 5.41) is 0. The van der Waals surface area contributed by atoms with Gasteiger partial charge in [-0.2, -0.15) is 0 Å². The second-order valence-electron chi connectivity index (χ2n) is 5.12. The molecule has 4 atom stereocenters. The smallest absolute Gasteiger partial charge is 0.317 e. The molecule has 1 aliphatic heterocycles. The van der Waals surface area contributed by atoms with Crippen LogP contribution >= 0.6 is 0 Å². The van der Waals surface area contributed by atoms with Crippen LogP contribution in [0.4, 0.5) is 0 Å². The van der Waals surface area contributed by atoms with E-state index in [1.165, 1.54) is 0 Å². The van der Waals surface area contributed by atoms with Crippen molar-refractivity contribution in [2.75, 3.05) is 0 Å². The lowest BCUT2D eigenvalue weighted by Crippen LogP contribution is -2.20. The number of ether oxygens (including phenoxy) is 1. The van der Waals surface area contributed by atoms with Crippen LogP contribution in [0.25, 0.3) is 0 Å². The van der Waals surface area contributed by atoms with Gasteiger partial charge in [0.2, 0.25) is 0 Å². The van der Waals surface area contributed by atoms with Gasteiger partial charge < -0.3 is 4.74 Å². The molecular weight excluding hydrogens is 180 g/mol. The second-order valence-corrected chi connectivity index (χ2v) is 5.12. The lowest BCUT2D eigenvalue weighted by molar-refractivity contribution is -0.155. The summed E-state index contributed by atoms with van der Waals surface area (Å²) < 4.78 is 4.72. The maximum absolute atomic E-state index is 11.5. The first-order chi connectivity index (χ1) is 6.66. The molecule has 76 valence electrons. The average molecular weight is 194 g/mol. The molecule has 3 nitrogen and oxygen atoms in total. The minimum Gasteiger partial charge on any atom is -0.393 e. The third-order valence-electron chi connectivity index (χ3n) is 4.16. The van der Waals surface area contributed by atoms with Crippen molar-refractivity contribution < 1.29 is 14.3 Å². The van der Waals surface area contributed by atoms with E-state index in [4.69, 9.17) is 4.74 Å². The largest absolute Gasteiger partial charge is 0.393 e. The summed E-state index contributed by atoms with van der Waals surface area (Å²) in [5.41, 5.74) is 0. The molecule has 3 heteroatoms. The van der Waals surface area contributed by atoms with Crippen molar-refractivity contribution in [3.8, 4) is 0 Å². The summed E-state index contributed by atoms with van der Waals surface area (Å²) in [6.07, 6.45) is 3.26. The molecule has 0 amide bonds. The van der Waals surface area contributed by atoms with Gasteiger partial charge in [-0.1, -0.05) is 6.92 Å². The van der Waals surface area contributed by atoms with E-state index < -0.39 is 0 Å². The van der Waals surface area contributed by atoms with E-state index in [1.54, 1.807) is 0 Å². The van der Waals surface area contributed by atoms with Crippen molar-refractivity contribution in [2.45, 2.75) is 26.2 Å². The SMILES string of the molecule is CC1CC2CC(C1)C1C(=O)OC(=O)C21. The van der Waals surface area contributed by atoms with Crippen molar-refractivity contribution in [1.29, 1.82) is 0 Å². The zero-order valence-electron chi connectivity index (χ0n) is 8.23. The molecule has 2 saturated carbocycles. The number of esters is 2. The standard InChI is InChI=1S/C11H14O3/c1-5-2-6-4-7(3-5)9-8(6)10(12)14-11(9)13/h5-9H,2-4H2,1H3. The number of cyclic esters (lactones) is 2. The fraction of sp³-hybridized carbons (Fsp3) is 0.818. The van der Waals surface area contributed by atoms with E-state index in [1.807, 2.05) is 0 Å². The minimum absolute atomic E-state index is 0.0857. The maximum atomic E-state index is 11.5. The van der Waals surface area contributed by atoms with Crippen LogP contribution in [0.1, 0.15) is 26.2 Å². The van der Waals surface area contributed by atoms with E-state index in [2.05, 4.69) is 6.92 Å². The van der Waals surface area contributed by atoms with Gasteiger partial charge in [-0.15, -0.1) is 0 Å². The Morgan fingerprint density at radius 3 is 2.00 bits per heavy atom. The van der Waals surface area contributed by atoms with Gasteiger partial charge in [0.15, 0.2) is 0 Å². The molecule has 2 bridgehead atoms. The quantitative estimate of drug-likeness (QED) is 0.432. The highest BCUT2D eigenvalue weighted by Crippen LogP contribution is 2.54. The summed E-state index contributed by atoms with van der Waals surface area (Å²) in [6, 6.07) is 0.